The van der Waals surface area contributed by atoms with Crippen molar-refractivity contribution in [3.8, 4) is 0 Å². The summed E-state index contributed by atoms with van der Waals surface area (Å²) in [5, 5.41) is 6.67. The van der Waals surface area contributed by atoms with E-state index in [9.17, 15) is 0 Å². The number of hydrogen-bond donors (Lipinski definition) is 2. The standard InChI is InChI=1S/C13H14ClN3S2/c1-7(2)11-6-19-13(17-11)16-8-3-4-9(12(15)18)10(14)5-8/h3-7H,1-2H3,(H2,15,18)(H,16,17). The van der Waals surface area contributed by atoms with Gasteiger partial charge in [0.2, 0.25) is 0 Å². The fourth-order valence-electron chi connectivity index (χ4n) is 1.52. The number of halogens is 1. The molecular formula is C13H14ClN3S2. The van der Waals surface area contributed by atoms with Gasteiger partial charge < -0.3 is 11.1 Å². The maximum absolute atomic E-state index is 6.12. The first-order chi connectivity index (χ1) is 8.97. The summed E-state index contributed by atoms with van der Waals surface area (Å²) in [7, 11) is 0. The maximum atomic E-state index is 6.12. The first-order valence-corrected chi connectivity index (χ1v) is 7.45. The summed E-state index contributed by atoms with van der Waals surface area (Å²) in [5.74, 6) is 0.423. The van der Waals surface area contributed by atoms with Crippen LogP contribution >= 0.6 is 35.2 Å². The zero-order valence-electron chi connectivity index (χ0n) is 10.6. The molecule has 1 heterocycles. The highest BCUT2D eigenvalue weighted by Crippen LogP contribution is 2.27. The molecule has 0 aliphatic carbocycles. The molecule has 0 radical (unpaired) electrons. The molecule has 0 spiro atoms. The minimum absolute atomic E-state index is 0.299. The van der Waals surface area contributed by atoms with Crippen LogP contribution in [-0.2, 0) is 0 Å². The molecule has 0 unspecified atom stereocenters. The van der Waals surface area contributed by atoms with Crippen molar-refractivity contribution < 1.29 is 0 Å². The van der Waals surface area contributed by atoms with Gasteiger partial charge in [-0.25, -0.2) is 4.98 Å². The van der Waals surface area contributed by atoms with Gasteiger partial charge in [0, 0.05) is 16.6 Å². The Morgan fingerprint density at radius 2 is 2.21 bits per heavy atom. The van der Waals surface area contributed by atoms with E-state index in [1.807, 2.05) is 12.1 Å². The molecule has 1 aromatic heterocycles. The van der Waals surface area contributed by atoms with E-state index in [-0.39, 0.29) is 0 Å². The van der Waals surface area contributed by atoms with Crippen LogP contribution in [0.3, 0.4) is 0 Å². The van der Waals surface area contributed by atoms with Crippen LogP contribution in [0.4, 0.5) is 10.8 Å². The summed E-state index contributed by atoms with van der Waals surface area (Å²) >= 11 is 12.6. The Balaban J connectivity index is 2.19. The van der Waals surface area contributed by atoms with Crippen molar-refractivity contribution in [3.05, 3.63) is 39.9 Å². The molecule has 3 N–H and O–H groups in total. The molecule has 1 aromatic carbocycles. The van der Waals surface area contributed by atoms with E-state index < -0.39 is 0 Å². The highest BCUT2D eigenvalue weighted by atomic mass is 35.5. The van der Waals surface area contributed by atoms with Gasteiger partial charge in [0.15, 0.2) is 5.13 Å². The van der Waals surface area contributed by atoms with Crippen LogP contribution in [0.15, 0.2) is 23.6 Å². The second-order valence-electron chi connectivity index (χ2n) is 4.42. The topological polar surface area (TPSA) is 50.9 Å². The monoisotopic (exact) mass is 311 g/mol. The highest BCUT2D eigenvalue weighted by molar-refractivity contribution is 7.80. The Hall–Kier alpha value is -1.17. The van der Waals surface area contributed by atoms with Crippen LogP contribution in [-0.4, -0.2) is 9.97 Å². The summed E-state index contributed by atoms with van der Waals surface area (Å²) in [6, 6.07) is 5.49. The minimum Gasteiger partial charge on any atom is -0.389 e. The van der Waals surface area contributed by atoms with Gasteiger partial charge in [0.05, 0.1) is 10.7 Å². The summed E-state index contributed by atoms with van der Waals surface area (Å²) in [4.78, 5) is 4.81. The van der Waals surface area contributed by atoms with Gasteiger partial charge in [-0.2, -0.15) is 0 Å². The lowest BCUT2D eigenvalue weighted by atomic mass is 10.2. The third-order valence-corrected chi connectivity index (χ3v) is 3.91. The van der Waals surface area contributed by atoms with E-state index in [1.165, 1.54) is 0 Å². The van der Waals surface area contributed by atoms with Crippen LogP contribution in [0.2, 0.25) is 5.02 Å². The number of hydrogen-bond acceptors (Lipinski definition) is 4. The predicted molar refractivity (Wildman–Crippen MR) is 86.8 cm³/mol. The lowest BCUT2D eigenvalue weighted by Gasteiger charge is -2.06. The molecule has 100 valence electrons. The molecule has 2 rings (SSSR count). The predicted octanol–water partition coefficient (Wildman–Crippen LogP) is 4.30. The fourth-order valence-corrected chi connectivity index (χ4v) is 2.93. The van der Waals surface area contributed by atoms with E-state index in [0.717, 1.165) is 16.5 Å². The normalized spacial score (nSPS) is 10.7. The average molecular weight is 312 g/mol. The molecule has 2 aromatic rings. The number of nitrogens with two attached hydrogens (primary N) is 1. The molecule has 19 heavy (non-hydrogen) atoms. The number of benzene rings is 1. The Morgan fingerprint density at radius 3 is 2.74 bits per heavy atom. The number of nitrogens with zero attached hydrogens (tertiary/aromatic N) is 1. The van der Waals surface area contributed by atoms with Crippen LogP contribution in [0.1, 0.15) is 31.0 Å². The maximum Gasteiger partial charge on any atom is 0.187 e. The molecule has 3 nitrogen and oxygen atoms in total. The molecule has 0 bridgehead atoms. The van der Waals surface area contributed by atoms with Gasteiger partial charge in [-0.3, -0.25) is 0 Å². The van der Waals surface area contributed by atoms with E-state index in [1.54, 1.807) is 17.4 Å². The molecule has 0 saturated carbocycles. The molecule has 0 aliphatic rings. The Labute approximate surface area is 126 Å². The highest BCUT2D eigenvalue weighted by Gasteiger charge is 2.08. The van der Waals surface area contributed by atoms with Gasteiger partial charge in [-0.1, -0.05) is 37.7 Å². The number of aromatic nitrogens is 1. The van der Waals surface area contributed by atoms with Crippen molar-refractivity contribution >= 4 is 51.0 Å². The summed E-state index contributed by atoms with van der Waals surface area (Å²) in [6.07, 6.45) is 0. The van der Waals surface area contributed by atoms with Gasteiger partial charge in [-0.15, -0.1) is 11.3 Å². The molecule has 0 saturated heterocycles. The van der Waals surface area contributed by atoms with Crippen molar-refractivity contribution in [3.63, 3.8) is 0 Å². The van der Waals surface area contributed by atoms with Crippen LogP contribution in [0.25, 0.3) is 0 Å². The molecule has 0 atom stereocenters. The number of thiocarbonyl (C=S) groups is 1. The molecule has 6 heteroatoms. The summed E-state index contributed by atoms with van der Waals surface area (Å²) in [5.41, 5.74) is 8.21. The zero-order chi connectivity index (χ0) is 14.0. The van der Waals surface area contributed by atoms with Crippen LogP contribution in [0.5, 0.6) is 0 Å². The lowest BCUT2D eigenvalue weighted by molar-refractivity contribution is 0.834. The van der Waals surface area contributed by atoms with Gasteiger partial charge in [0.1, 0.15) is 4.99 Å². The van der Waals surface area contributed by atoms with Crippen molar-refractivity contribution in [1.29, 1.82) is 0 Å². The summed E-state index contributed by atoms with van der Waals surface area (Å²) in [6.45, 7) is 4.24. The Kier molecular flexibility index (Phi) is 4.39. The van der Waals surface area contributed by atoms with Crippen molar-refractivity contribution in [1.82, 2.24) is 4.98 Å². The number of anilines is 2. The van der Waals surface area contributed by atoms with Crippen LogP contribution in [0, 0.1) is 0 Å². The quantitative estimate of drug-likeness (QED) is 0.827. The lowest BCUT2D eigenvalue weighted by Crippen LogP contribution is -2.09. The molecular weight excluding hydrogens is 298 g/mol. The van der Waals surface area contributed by atoms with E-state index in [4.69, 9.17) is 29.6 Å². The SMILES string of the molecule is CC(C)c1csc(Nc2ccc(C(N)=S)c(Cl)c2)n1. The second-order valence-corrected chi connectivity index (χ2v) is 6.12. The van der Waals surface area contributed by atoms with E-state index in [2.05, 4.69) is 29.5 Å². The van der Waals surface area contributed by atoms with Crippen LogP contribution < -0.4 is 11.1 Å². The van der Waals surface area contributed by atoms with Gasteiger partial charge in [0.25, 0.3) is 0 Å². The molecule has 0 fully saturated rings. The first-order valence-electron chi connectivity index (χ1n) is 5.79. The number of rotatable bonds is 4. The largest absolute Gasteiger partial charge is 0.389 e. The molecule has 0 aliphatic heterocycles. The van der Waals surface area contributed by atoms with Gasteiger partial charge in [-0.05, 0) is 24.1 Å². The first kappa shape index (κ1) is 14.2. The number of thiazole rings is 1. The van der Waals surface area contributed by atoms with Crippen molar-refractivity contribution in [2.45, 2.75) is 19.8 Å². The third-order valence-electron chi connectivity index (χ3n) is 2.60. The number of nitrogens with one attached hydrogen (secondary N) is 1. The second kappa shape index (κ2) is 5.86. The third kappa shape index (κ3) is 3.43. The fraction of sp³-hybridized carbons (Fsp3) is 0.231. The van der Waals surface area contributed by atoms with E-state index in [0.29, 0.717) is 21.5 Å². The average Bonchev–Trinajstić information content (AvgIpc) is 2.77. The van der Waals surface area contributed by atoms with Gasteiger partial charge >= 0.3 is 0 Å². The Morgan fingerprint density at radius 1 is 1.47 bits per heavy atom. The zero-order valence-corrected chi connectivity index (χ0v) is 13.0. The van der Waals surface area contributed by atoms with E-state index >= 15 is 0 Å². The van der Waals surface area contributed by atoms with Crippen molar-refractivity contribution in [2.75, 3.05) is 5.32 Å². The molecule has 0 amide bonds. The summed E-state index contributed by atoms with van der Waals surface area (Å²) < 4.78 is 0. The van der Waals surface area contributed by atoms with Crippen molar-refractivity contribution in [2.24, 2.45) is 5.73 Å². The smallest absolute Gasteiger partial charge is 0.187 e. The Bertz CT molecular complexity index is 608. The minimum atomic E-state index is 0.299.